The van der Waals surface area contributed by atoms with Crippen molar-refractivity contribution in [2.45, 2.75) is 6.42 Å². The molecule has 0 heterocycles. The van der Waals surface area contributed by atoms with Gasteiger partial charge in [-0.25, -0.2) is 0 Å². The summed E-state index contributed by atoms with van der Waals surface area (Å²) in [5, 5.41) is 9.53. The van der Waals surface area contributed by atoms with Gasteiger partial charge in [0.1, 0.15) is 0 Å². The topological polar surface area (TPSA) is 62.4 Å². The molecule has 1 amide bonds. The number of carbonyl (C=O) groups is 1. The van der Waals surface area contributed by atoms with Gasteiger partial charge in [0.15, 0.2) is 5.11 Å². The Morgan fingerprint density at radius 1 is 1.00 bits per heavy atom. The van der Waals surface area contributed by atoms with Crippen molar-refractivity contribution < 1.29 is 9.53 Å². The van der Waals surface area contributed by atoms with Crippen LogP contribution in [0.5, 0.6) is 0 Å². The second-order valence-electron chi connectivity index (χ2n) is 5.12. The summed E-state index contributed by atoms with van der Waals surface area (Å²) in [7, 11) is 1.64. The molecule has 0 bridgehead atoms. The summed E-state index contributed by atoms with van der Waals surface area (Å²) in [5.41, 5.74) is 2.35. The van der Waals surface area contributed by atoms with E-state index in [9.17, 15) is 4.79 Å². The highest BCUT2D eigenvalue weighted by Gasteiger charge is 2.05. The SMILES string of the molecule is COCCCNC(=O)c1ccc(NC(=S)Nc2ccccc2)cc1. The number of para-hydroxylation sites is 1. The lowest BCUT2D eigenvalue weighted by molar-refractivity contribution is 0.0948. The van der Waals surface area contributed by atoms with Gasteiger partial charge in [0.2, 0.25) is 0 Å². The van der Waals surface area contributed by atoms with Gasteiger partial charge >= 0.3 is 0 Å². The molecule has 0 saturated heterocycles. The van der Waals surface area contributed by atoms with Crippen LogP contribution >= 0.6 is 12.2 Å². The van der Waals surface area contributed by atoms with E-state index in [4.69, 9.17) is 17.0 Å². The van der Waals surface area contributed by atoms with Crippen molar-refractivity contribution in [1.82, 2.24) is 5.32 Å². The van der Waals surface area contributed by atoms with Crippen LogP contribution < -0.4 is 16.0 Å². The van der Waals surface area contributed by atoms with Gasteiger partial charge in [0.05, 0.1) is 0 Å². The molecule has 0 radical (unpaired) electrons. The van der Waals surface area contributed by atoms with E-state index >= 15 is 0 Å². The molecule has 0 aliphatic carbocycles. The van der Waals surface area contributed by atoms with Crippen molar-refractivity contribution in [3.63, 3.8) is 0 Å². The molecule has 3 N–H and O–H groups in total. The highest BCUT2D eigenvalue weighted by Crippen LogP contribution is 2.11. The van der Waals surface area contributed by atoms with Crippen molar-refractivity contribution in [2.75, 3.05) is 30.9 Å². The number of carbonyl (C=O) groups excluding carboxylic acids is 1. The number of hydrogen-bond acceptors (Lipinski definition) is 3. The molecule has 6 heteroatoms. The van der Waals surface area contributed by atoms with E-state index in [0.29, 0.717) is 23.8 Å². The zero-order valence-corrected chi connectivity index (χ0v) is 14.4. The van der Waals surface area contributed by atoms with E-state index in [2.05, 4.69) is 16.0 Å². The van der Waals surface area contributed by atoms with Crippen LogP contribution in [0.1, 0.15) is 16.8 Å². The Balaban J connectivity index is 1.83. The number of ether oxygens (including phenoxy) is 1. The molecule has 0 aromatic heterocycles. The van der Waals surface area contributed by atoms with Crippen LogP contribution in [0, 0.1) is 0 Å². The number of anilines is 2. The van der Waals surface area contributed by atoms with Gasteiger partial charge < -0.3 is 20.7 Å². The summed E-state index contributed by atoms with van der Waals surface area (Å²) in [6, 6.07) is 16.9. The molecule has 24 heavy (non-hydrogen) atoms. The number of benzene rings is 2. The molecular weight excluding hydrogens is 322 g/mol. The number of nitrogens with one attached hydrogen (secondary N) is 3. The van der Waals surface area contributed by atoms with Gasteiger partial charge in [0, 0.05) is 37.2 Å². The zero-order valence-electron chi connectivity index (χ0n) is 13.5. The minimum Gasteiger partial charge on any atom is -0.385 e. The fourth-order valence-corrected chi connectivity index (χ4v) is 2.28. The summed E-state index contributed by atoms with van der Waals surface area (Å²) >= 11 is 5.27. The van der Waals surface area contributed by atoms with Gasteiger partial charge in [0.25, 0.3) is 5.91 Å². The molecule has 0 atom stereocenters. The Labute approximate surface area is 147 Å². The van der Waals surface area contributed by atoms with Crippen LogP contribution in [-0.4, -0.2) is 31.3 Å². The van der Waals surface area contributed by atoms with Crippen molar-refractivity contribution in [2.24, 2.45) is 0 Å². The normalized spacial score (nSPS) is 10.0. The molecule has 0 fully saturated rings. The van der Waals surface area contributed by atoms with E-state index in [1.807, 2.05) is 42.5 Å². The Bertz CT molecular complexity index is 660. The van der Waals surface area contributed by atoms with Crippen LogP contribution in [0.25, 0.3) is 0 Å². The monoisotopic (exact) mass is 343 g/mol. The fraction of sp³-hybridized carbons (Fsp3) is 0.222. The highest BCUT2D eigenvalue weighted by atomic mass is 32.1. The second-order valence-corrected chi connectivity index (χ2v) is 5.53. The minimum absolute atomic E-state index is 0.0948. The summed E-state index contributed by atoms with van der Waals surface area (Å²) in [6.45, 7) is 1.23. The van der Waals surface area contributed by atoms with Crippen molar-refractivity contribution in [3.8, 4) is 0 Å². The van der Waals surface area contributed by atoms with E-state index in [1.165, 1.54) is 0 Å². The number of hydrogen-bond donors (Lipinski definition) is 3. The largest absolute Gasteiger partial charge is 0.385 e. The molecule has 2 aromatic carbocycles. The molecule has 0 aliphatic rings. The highest BCUT2D eigenvalue weighted by molar-refractivity contribution is 7.80. The first-order chi connectivity index (χ1) is 11.7. The maximum Gasteiger partial charge on any atom is 0.251 e. The van der Waals surface area contributed by atoms with Crippen molar-refractivity contribution >= 4 is 34.6 Å². The molecule has 0 saturated carbocycles. The molecular formula is C18H21N3O2S. The van der Waals surface area contributed by atoms with Gasteiger partial charge in [-0.2, -0.15) is 0 Å². The number of amides is 1. The molecule has 2 rings (SSSR count). The average Bonchev–Trinajstić information content (AvgIpc) is 2.60. The molecule has 0 aliphatic heterocycles. The number of methoxy groups -OCH3 is 1. The molecule has 0 unspecified atom stereocenters. The maximum absolute atomic E-state index is 12.0. The first kappa shape index (κ1) is 17.9. The van der Waals surface area contributed by atoms with Gasteiger partial charge in [-0.3, -0.25) is 4.79 Å². The third-order valence-electron chi connectivity index (χ3n) is 3.25. The minimum atomic E-state index is -0.0948. The lowest BCUT2D eigenvalue weighted by Gasteiger charge is -2.11. The van der Waals surface area contributed by atoms with E-state index in [-0.39, 0.29) is 5.91 Å². The third-order valence-corrected chi connectivity index (χ3v) is 3.45. The van der Waals surface area contributed by atoms with Crippen LogP contribution in [-0.2, 0) is 4.74 Å². The number of rotatable bonds is 7. The van der Waals surface area contributed by atoms with Crippen LogP contribution in [0.2, 0.25) is 0 Å². The van der Waals surface area contributed by atoms with E-state index in [0.717, 1.165) is 17.8 Å². The summed E-state index contributed by atoms with van der Waals surface area (Å²) in [4.78, 5) is 12.0. The fourth-order valence-electron chi connectivity index (χ4n) is 2.04. The Morgan fingerprint density at radius 2 is 1.62 bits per heavy atom. The third kappa shape index (κ3) is 5.98. The zero-order chi connectivity index (χ0) is 17.2. The quantitative estimate of drug-likeness (QED) is 0.532. The van der Waals surface area contributed by atoms with Gasteiger partial charge in [-0.05, 0) is 55.0 Å². The summed E-state index contributed by atoms with van der Waals surface area (Å²) in [5.74, 6) is -0.0948. The number of thiocarbonyl (C=S) groups is 1. The Morgan fingerprint density at radius 3 is 2.25 bits per heavy atom. The lowest BCUT2D eigenvalue weighted by atomic mass is 10.2. The van der Waals surface area contributed by atoms with Gasteiger partial charge in [-0.15, -0.1) is 0 Å². The Kier molecular flexibility index (Phi) is 7.20. The predicted molar refractivity (Wildman–Crippen MR) is 102 cm³/mol. The van der Waals surface area contributed by atoms with Crippen LogP contribution in [0.4, 0.5) is 11.4 Å². The van der Waals surface area contributed by atoms with Crippen LogP contribution in [0.15, 0.2) is 54.6 Å². The molecule has 126 valence electrons. The average molecular weight is 343 g/mol. The van der Waals surface area contributed by atoms with E-state index in [1.54, 1.807) is 19.2 Å². The second kappa shape index (κ2) is 9.64. The first-order valence-electron chi connectivity index (χ1n) is 7.69. The Hall–Kier alpha value is -2.44. The van der Waals surface area contributed by atoms with Gasteiger partial charge in [-0.1, -0.05) is 18.2 Å². The first-order valence-corrected chi connectivity index (χ1v) is 8.10. The molecule has 5 nitrogen and oxygen atoms in total. The predicted octanol–water partition coefficient (Wildman–Crippen LogP) is 3.26. The van der Waals surface area contributed by atoms with Crippen molar-refractivity contribution in [1.29, 1.82) is 0 Å². The van der Waals surface area contributed by atoms with Crippen LogP contribution in [0.3, 0.4) is 0 Å². The maximum atomic E-state index is 12.0. The van der Waals surface area contributed by atoms with Crippen molar-refractivity contribution in [3.05, 3.63) is 60.2 Å². The molecule has 2 aromatic rings. The summed E-state index contributed by atoms with van der Waals surface area (Å²) < 4.78 is 4.95. The summed E-state index contributed by atoms with van der Waals surface area (Å²) in [6.07, 6.45) is 0.793. The smallest absolute Gasteiger partial charge is 0.251 e. The molecule has 0 spiro atoms. The van der Waals surface area contributed by atoms with E-state index < -0.39 is 0 Å². The lowest BCUT2D eigenvalue weighted by Crippen LogP contribution is -2.25. The standard InChI is InChI=1S/C18H21N3O2S/c1-23-13-5-12-19-17(22)14-8-10-16(11-9-14)21-18(24)20-15-6-3-2-4-7-15/h2-4,6-11H,5,12-13H2,1H3,(H,19,22)(H2,20,21,24).